The van der Waals surface area contributed by atoms with E-state index < -0.39 is 0 Å². The van der Waals surface area contributed by atoms with Gasteiger partial charge < -0.3 is 15.8 Å². The third-order valence-corrected chi connectivity index (χ3v) is 2.65. The van der Waals surface area contributed by atoms with E-state index in [0.717, 1.165) is 26.2 Å². The fourth-order valence-corrected chi connectivity index (χ4v) is 1.43. The van der Waals surface area contributed by atoms with E-state index in [9.17, 15) is 0 Å². The van der Waals surface area contributed by atoms with Crippen molar-refractivity contribution < 1.29 is 4.74 Å². The molecule has 0 aromatic heterocycles. The summed E-state index contributed by atoms with van der Waals surface area (Å²) in [5.74, 6) is 0. The van der Waals surface area contributed by atoms with Gasteiger partial charge in [0.15, 0.2) is 0 Å². The van der Waals surface area contributed by atoms with Gasteiger partial charge in [-0.25, -0.2) is 0 Å². The lowest BCUT2D eigenvalue weighted by atomic mass is 9.83. The predicted molar refractivity (Wildman–Crippen MR) is 54.7 cm³/mol. The highest BCUT2D eigenvalue weighted by molar-refractivity contribution is 4.83. The number of ether oxygens (including phenoxy) is 1. The molecule has 3 heteroatoms. The second-order valence-electron chi connectivity index (χ2n) is 4.93. The Balaban J connectivity index is 2.30. The second kappa shape index (κ2) is 4.40. The zero-order chi connectivity index (χ0) is 9.90. The lowest BCUT2D eigenvalue weighted by Gasteiger charge is -2.32. The van der Waals surface area contributed by atoms with E-state index in [1.807, 2.05) is 0 Å². The topological polar surface area (TPSA) is 47.3 Å². The lowest BCUT2D eigenvalue weighted by molar-refractivity contribution is 0.0671. The van der Waals surface area contributed by atoms with Crippen LogP contribution in [0.2, 0.25) is 0 Å². The third kappa shape index (κ3) is 3.63. The van der Waals surface area contributed by atoms with Crippen LogP contribution in [-0.2, 0) is 4.74 Å². The van der Waals surface area contributed by atoms with Crippen LogP contribution in [0.25, 0.3) is 0 Å². The van der Waals surface area contributed by atoms with Gasteiger partial charge in [-0.3, -0.25) is 0 Å². The lowest BCUT2D eigenvalue weighted by Crippen LogP contribution is -2.47. The second-order valence-corrected chi connectivity index (χ2v) is 4.93. The summed E-state index contributed by atoms with van der Waals surface area (Å²) >= 11 is 0. The molecule has 1 aliphatic heterocycles. The maximum atomic E-state index is 6.09. The molecule has 1 rings (SSSR count). The summed E-state index contributed by atoms with van der Waals surface area (Å²) in [4.78, 5) is 0. The number of nitrogens with two attached hydrogens (primary N) is 1. The van der Waals surface area contributed by atoms with E-state index in [0.29, 0.717) is 6.04 Å². The Kier molecular flexibility index (Phi) is 3.71. The first kappa shape index (κ1) is 11.0. The van der Waals surface area contributed by atoms with Crippen LogP contribution in [0.3, 0.4) is 0 Å². The molecule has 0 radical (unpaired) electrons. The fraction of sp³-hybridized carbons (Fsp3) is 1.00. The number of hydrogen-bond donors (Lipinski definition) is 2. The molecule has 78 valence electrons. The molecule has 3 nitrogen and oxygen atoms in total. The first-order valence-electron chi connectivity index (χ1n) is 5.07. The maximum absolute atomic E-state index is 6.09. The van der Waals surface area contributed by atoms with E-state index in [1.165, 1.54) is 0 Å². The van der Waals surface area contributed by atoms with Gasteiger partial charge in [-0.2, -0.15) is 0 Å². The van der Waals surface area contributed by atoms with Crippen molar-refractivity contribution in [2.75, 3.05) is 19.8 Å². The highest BCUT2D eigenvalue weighted by Gasteiger charge is 2.24. The largest absolute Gasteiger partial charge is 0.379 e. The monoisotopic (exact) mass is 186 g/mol. The zero-order valence-electron chi connectivity index (χ0n) is 8.97. The van der Waals surface area contributed by atoms with Crippen LogP contribution in [-0.4, -0.2) is 31.8 Å². The Morgan fingerprint density at radius 3 is 2.69 bits per heavy atom. The molecule has 0 saturated carbocycles. The highest BCUT2D eigenvalue weighted by Crippen LogP contribution is 2.21. The molecule has 1 fully saturated rings. The fourth-order valence-electron chi connectivity index (χ4n) is 1.43. The van der Waals surface area contributed by atoms with Gasteiger partial charge in [0, 0.05) is 18.6 Å². The van der Waals surface area contributed by atoms with E-state index in [2.05, 4.69) is 26.1 Å². The molecular formula is C10H22N2O. The van der Waals surface area contributed by atoms with E-state index in [4.69, 9.17) is 10.5 Å². The molecule has 3 N–H and O–H groups in total. The first-order valence-corrected chi connectivity index (χ1v) is 5.07. The molecule has 0 aromatic rings. The van der Waals surface area contributed by atoms with Gasteiger partial charge >= 0.3 is 0 Å². The van der Waals surface area contributed by atoms with Gasteiger partial charge in [-0.15, -0.1) is 0 Å². The molecule has 13 heavy (non-hydrogen) atoms. The Bertz CT molecular complexity index is 147. The van der Waals surface area contributed by atoms with Crippen molar-refractivity contribution in [2.45, 2.75) is 39.3 Å². The summed E-state index contributed by atoms with van der Waals surface area (Å²) in [7, 11) is 0. The van der Waals surface area contributed by atoms with Crippen LogP contribution in [0.15, 0.2) is 0 Å². The Morgan fingerprint density at radius 2 is 2.23 bits per heavy atom. The van der Waals surface area contributed by atoms with Crippen molar-refractivity contribution >= 4 is 0 Å². The molecule has 1 aliphatic rings. The minimum Gasteiger partial charge on any atom is -0.379 e. The van der Waals surface area contributed by atoms with Gasteiger partial charge in [-0.05, 0) is 11.8 Å². The van der Waals surface area contributed by atoms with Gasteiger partial charge in [-0.1, -0.05) is 20.8 Å². The van der Waals surface area contributed by atoms with Gasteiger partial charge in [0.2, 0.25) is 0 Å². The van der Waals surface area contributed by atoms with E-state index >= 15 is 0 Å². The minimum absolute atomic E-state index is 0.194. The van der Waals surface area contributed by atoms with Crippen molar-refractivity contribution in [1.82, 2.24) is 5.32 Å². The normalized spacial score (nSPS) is 27.2. The molecule has 0 aliphatic carbocycles. The quantitative estimate of drug-likeness (QED) is 0.668. The van der Waals surface area contributed by atoms with Crippen molar-refractivity contribution in [3.8, 4) is 0 Å². The van der Waals surface area contributed by atoms with Gasteiger partial charge in [0.25, 0.3) is 0 Å². The van der Waals surface area contributed by atoms with Crippen LogP contribution in [0, 0.1) is 5.41 Å². The minimum atomic E-state index is 0.194. The summed E-state index contributed by atoms with van der Waals surface area (Å²) in [6.45, 7) is 9.15. The summed E-state index contributed by atoms with van der Waals surface area (Å²) in [5.41, 5.74) is 6.28. The number of rotatable bonds is 2. The van der Waals surface area contributed by atoms with Crippen molar-refractivity contribution in [2.24, 2.45) is 11.1 Å². The van der Waals surface area contributed by atoms with Crippen LogP contribution >= 0.6 is 0 Å². The highest BCUT2D eigenvalue weighted by atomic mass is 16.5. The maximum Gasteiger partial charge on any atom is 0.0620 e. The van der Waals surface area contributed by atoms with Crippen LogP contribution in [0.5, 0.6) is 0 Å². The molecule has 0 amide bonds. The predicted octanol–water partition coefficient (Wildman–Crippen LogP) is 0.738. The SMILES string of the molecule is CC(C)(C)C(N)CC1COCCN1. The van der Waals surface area contributed by atoms with Crippen molar-refractivity contribution in [3.05, 3.63) is 0 Å². The Labute approximate surface area is 81.0 Å². The van der Waals surface area contributed by atoms with Crippen LogP contribution in [0.1, 0.15) is 27.2 Å². The van der Waals surface area contributed by atoms with E-state index in [1.54, 1.807) is 0 Å². The third-order valence-electron chi connectivity index (χ3n) is 2.65. The Hall–Kier alpha value is -0.120. The van der Waals surface area contributed by atoms with E-state index in [-0.39, 0.29) is 11.5 Å². The first-order chi connectivity index (χ1) is 6.00. The summed E-state index contributed by atoms with van der Waals surface area (Å²) in [5, 5.41) is 3.42. The van der Waals surface area contributed by atoms with Crippen LogP contribution < -0.4 is 11.1 Å². The van der Waals surface area contributed by atoms with Crippen molar-refractivity contribution in [1.29, 1.82) is 0 Å². The molecular weight excluding hydrogens is 164 g/mol. The smallest absolute Gasteiger partial charge is 0.0620 e. The van der Waals surface area contributed by atoms with Crippen molar-refractivity contribution in [3.63, 3.8) is 0 Å². The Morgan fingerprint density at radius 1 is 1.54 bits per heavy atom. The molecule has 0 spiro atoms. The zero-order valence-corrected chi connectivity index (χ0v) is 8.97. The average molecular weight is 186 g/mol. The number of nitrogens with one attached hydrogen (secondary N) is 1. The molecule has 2 atom stereocenters. The number of hydrogen-bond acceptors (Lipinski definition) is 3. The molecule has 2 unspecified atom stereocenters. The summed E-state index contributed by atoms with van der Waals surface area (Å²) in [6, 6.07) is 0.690. The van der Waals surface area contributed by atoms with Gasteiger partial charge in [0.1, 0.15) is 0 Å². The standard InChI is InChI=1S/C10H22N2O/c1-10(2,3)9(11)6-8-7-13-5-4-12-8/h8-9,12H,4-7,11H2,1-3H3. The number of morpholine rings is 1. The average Bonchev–Trinajstić information content (AvgIpc) is 2.04. The summed E-state index contributed by atoms with van der Waals surface area (Å²) < 4.78 is 5.38. The summed E-state index contributed by atoms with van der Waals surface area (Å²) in [6.07, 6.45) is 1.00. The van der Waals surface area contributed by atoms with Gasteiger partial charge in [0.05, 0.1) is 13.2 Å². The molecule has 0 aromatic carbocycles. The molecule has 1 heterocycles. The molecule has 0 bridgehead atoms. The van der Waals surface area contributed by atoms with Crippen LogP contribution in [0.4, 0.5) is 0 Å². The molecule has 1 saturated heterocycles.